The highest BCUT2D eigenvalue weighted by atomic mass is 35.5. The molecule has 6 rings (SSSR count). The summed E-state index contributed by atoms with van der Waals surface area (Å²) in [5.41, 5.74) is 11.7. The number of halogens is 1. The summed E-state index contributed by atoms with van der Waals surface area (Å²) in [7, 11) is 0. The minimum Gasteiger partial charge on any atom is -0.408 e. The van der Waals surface area contributed by atoms with E-state index < -0.39 is 11.8 Å². The molecule has 7 N–H and O–H groups in total. The smallest absolute Gasteiger partial charge is 0.408 e. The van der Waals surface area contributed by atoms with E-state index in [0.29, 0.717) is 34.8 Å². The molecule has 1 aliphatic carbocycles. The van der Waals surface area contributed by atoms with Gasteiger partial charge in [-0.05, 0) is 118 Å². The Balaban J connectivity index is 0.00000468. The van der Waals surface area contributed by atoms with Gasteiger partial charge in [0.1, 0.15) is 6.04 Å². The van der Waals surface area contributed by atoms with E-state index in [2.05, 4.69) is 26.3 Å². The second kappa shape index (κ2) is 16.3. The Bertz CT molecular complexity index is 1820. The number of carbonyl (C=O) groups is 3. The van der Waals surface area contributed by atoms with Gasteiger partial charge in [-0.3, -0.25) is 19.4 Å². The Kier molecular flexibility index (Phi) is 11.9. The van der Waals surface area contributed by atoms with E-state index >= 15 is 0 Å². The van der Waals surface area contributed by atoms with Crippen molar-refractivity contribution in [1.29, 1.82) is 0 Å². The number of carbonyl (C=O) groups excluding carboxylic acids is 3. The lowest BCUT2D eigenvalue weighted by molar-refractivity contribution is -0.130. The number of H-pyrrole nitrogens is 1. The molecule has 1 aromatic heterocycles. The summed E-state index contributed by atoms with van der Waals surface area (Å²) in [6, 6.07) is 18.0. The second-order valence-corrected chi connectivity index (χ2v) is 13.2. The van der Waals surface area contributed by atoms with Crippen molar-refractivity contribution in [3.05, 3.63) is 87.9 Å². The van der Waals surface area contributed by atoms with Crippen molar-refractivity contribution in [1.82, 2.24) is 20.9 Å². The molecule has 2 aliphatic rings. The number of piperidine rings is 1. The number of nitrogens with one attached hydrogen (secondary N) is 5. The van der Waals surface area contributed by atoms with E-state index in [9.17, 15) is 19.2 Å². The van der Waals surface area contributed by atoms with Crippen LogP contribution < -0.4 is 32.8 Å². The largest absolute Gasteiger partial charge is 0.417 e. The second-order valence-electron chi connectivity index (χ2n) is 13.2. The minimum absolute atomic E-state index is 0. The number of benzene rings is 3. The van der Waals surface area contributed by atoms with Gasteiger partial charge in [0.15, 0.2) is 5.58 Å². The van der Waals surface area contributed by atoms with Gasteiger partial charge < -0.3 is 31.4 Å². The quantitative estimate of drug-likeness (QED) is 0.143. The summed E-state index contributed by atoms with van der Waals surface area (Å²) >= 11 is 0. The van der Waals surface area contributed by atoms with Crippen molar-refractivity contribution in [3.63, 3.8) is 0 Å². The third-order valence-electron chi connectivity index (χ3n) is 9.74. The van der Waals surface area contributed by atoms with Gasteiger partial charge in [-0.2, -0.15) is 0 Å². The normalized spacial score (nSPS) is 18.7. The highest BCUT2D eigenvalue weighted by molar-refractivity contribution is 5.99. The first-order valence-electron chi connectivity index (χ1n) is 16.9. The Hall–Kier alpha value is -4.45. The molecule has 11 nitrogen and oxygen atoms in total. The van der Waals surface area contributed by atoms with Crippen LogP contribution >= 0.6 is 12.4 Å². The fraction of sp³-hybridized carbons (Fsp3) is 0.405. The standard InChI is InChI=1S/C37H44N6O5.ClH/c1-22-18-27(35(45)40-28-14-16-39-17-15-28)10-12-30(22)25-6-2-23(3-7-25)19-32(42-34(44)26-8-4-24(21-38)5-9-26)36(46)41-29-11-13-31-33(20-29)48-37(47)43-31;/h2-3,6-7,10-13,18,20,24,26,28,32,39H,4-5,8-9,14-17,19,21,38H2,1H3,(H,40,45)(H,41,46)(H,42,44)(H,43,47);1H/t24?,26?,32-;/m0./s1. The van der Waals surface area contributed by atoms with Crippen molar-refractivity contribution in [2.75, 3.05) is 25.0 Å². The number of hydrogen-bond acceptors (Lipinski definition) is 7. The predicted octanol–water partition coefficient (Wildman–Crippen LogP) is 4.43. The molecule has 0 radical (unpaired) electrons. The van der Waals surface area contributed by atoms with Crippen molar-refractivity contribution in [2.45, 2.75) is 64.0 Å². The van der Waals surface area contributed by atoms with Crippen LogP contribution in [0.4, 0.5) is 5.69 Å². The molecule has 12 heteroatoms. The Labute approximate surface area is 291 Å². The lowest BCUT2D eigenvalue weighted by atomic mass is 9.81. The maximum atomic E-state index is 13.6. The van der Waals surface area contributed by atoms with E-state index in [1.165, 1.54) is 0 Å². The van der Waals surface area contributed by atoms with Gasteiger partial charge in [0.25, 0.3) is 5.91 Å². The lowest BCUT2D eigenvalue weighted by Gasteiger charge is -2.28. The maximum Gasteiger partial charge on any atom is 0.417 e. The number of anilines is 1. The maximum absolute atomic E-state index is 13.6. The molecule has 1 saturated heterocycles. The first-order valence-corrected chi connectivity index (χ1v) is 16.9. The van der Waals surface area contributed by atoms with Crippen molar-refractivity contribution >= 4 is 46.9 Å². The van der Waals surface area contributed by atoms with Crippen LogP contribution in [0.25, 0.3) is 22.2 Å². The zero-order valence-corrected chi connectivity index (χ0v) is 28.5. The van der Waals surface area contributed by atoms with Crippen LogP contribution in [-0.4, -0.2) is 54.4 Å². The van der Waals surface area contributed by atoms with E-state index in [1.54, 1.807) is 18.2 Å². The lowest BCUT2D eigenvalue weighted by Crippen LogP contribution is -2.48. The Morgan fingerprint density at radius 3 is 2.37 bits per heavy atom. The molecule has 4 aromatic rings. The van der Waals surface area contributed by atoms with E-state index in [0.717, 1.165) is 73.9 Å². The van der Waals surface area contributed by atoms with Gasteiger partial charge in [-0.15, -0.1) is 12.4 Å². The van der Waals surface area contributed by atoms with Gasteiger partial charge in [0, 0.05) is 35.7 Å². The molecule has 3 amide bonds. The molecular weight excluding hydrogens is 644 g/mol. The molecule has 0 spiro atoms. The zero-order valence-electron chi connectivity index (χ0n) is 27.7. The number of aromatic amines is 1. The molecule has 49 heavy (non-hydrogen) atoms. The van der Waals surface area contributed by atoms with Crippen LogP contribution in [0.3, 0.4) is 0 Å². The topological polar surface area (TPSA) is 171 Å². The highest BCUT2D eigenvalue weighted by Gasteiger charge is 2.29. The van der Waals surface area contributed by atoms with Crippen LogP contribution in [-0.2, 0) is 16.0 Å². The SMILES string of the molecule is Cc1cc(C(=O)NC2CCNCC2)ccc1-c1ccc(C[C@H](NC(=O)C2CCC(CN)CC2)C(=O)Nc2ccc3[nH]c(=O)oc3c2)cc1.Cl. The fourth-order valence-electron chi connectivity index (χ4n) is 6.83. The highest BCUT2D eigenvalue weighted by Crippen LogP contribution is 2.29. The molecule has 2 fully saturated rings. The number of aromatic nitrogens is 1. The zero-order chi connectivity index (χ0) is 33.6. The van der Waals surface area contributed by atoms with Crippen LogP contribution in [0.2, 0.25) is 0 Å². The van der Waals surface area contributed by atoms with Crippen LogP contribution in [0.5, 0.6) is 0 Å². The summed E-state index contributed by atoms with van der Waals surface area (Å²) in [5.74, 6) is -0.849. The first-order chi connectivity index (χ1) is 23.2. The summed E-state index contributed by atoms with van der Waals surface area (Å²) in [4.78, 5) is 54.1. The van der Waals surface area contributed by atoms with Gasteiger partial charge >= 0.3 is 5.76 Å². The monoisotopic (exact) mass is 688 g/mol. The molecule has 0 unspecified atom stereocenters. The Morgan fingerprint density at radius 2 is 1.67 bits per heavy atom. The number of aryl methyl sites for hydroxylation is 1. The molecule has 1 aliphatic heterocycles. The van der Waals surface area contributed by atoms with Crippen LogP contribution in [0.15, 0.2) is 69.9 Å². The average Bonchev–Trinajstić information content (AvgIpc) is 3.48. The molecule has 3 aromatic carbocycles. The number of rotatable bonds is 10. The van der Waals surface area contributed by atoms with Gasteiger partial charge in [0.2, 0.25) is 11.8 Å². The molecule has 1 atom stereocenters. The van der Waals surface area contributed by atoms with Crippen molar-refractivity contribution in [3.8, 4) is 11.1 Å². The molecule has 260 valence electrons. The summed E-state index contributed by atoms with van der Waals surface area (Å²) in [6.45, 7) is 4.45. The summed E-state index contributed by atoms with van der Waals surface area (Å²) < 4.78 is 5.15. The summed E-state index contributed by atoms with van der Waals surface area (Å²) in [5, 5.41) is 12.4. The third-order valence-corrected chi connectivity index (χ3v) is 9.74. The van der Waals surface area contributed by atoms with Crippen molar-refractivity contribution < 1.29 is 18.8 Å². The molecular formula is C37H45ClN6O5. The summed E-state index contributed by atoms with van der Waals surface area (Å²) in [6.07, 6.45) is 5.44. The number of oxazole rings is 1. The number of nitrogens with two attached hydrogens (primary N) is 1. The van der Waals surface area contributed by atoms with E-state index in [1.807, 2.05) is 49.4 Å². The van der Waals surface area contributed by atoms with Crippen LogP contribution in [0.1, 0.15) is 60.0 Å². The molecule has 1 saturated carbocycles. The van der Waals surface area contributed by atoms with Gasteiger partial charge in [-0.25, -0.2) is 4.79 Å². The van der Waals surface area contributed by atoms with E-state index in [-0.39, 0.29) is 48.5 Å². The first kappa shape index (κ1) is 35.8. The van der Waals surface area contributed by atoms with Gasteiger partial charge in [-0.1, -0.05) is 30.3 Å². The van der Waals surface area contributed by atoms with E-state index in [4.69, 9.17) is 10.2 Å². The molecule has 2 heterocycles. The van der Waals surface area contributed by atoms with Gasteiger partial charge in [0.05, 0.1) is 5.52 Å². The van der Waals surface area contributed by atoms with Crippen LogP contribution in [0, 0.1) is 18.8 Å². The number of fused-ring (bicyclic) bond motifs is 1. The number of amides is 3. The fourth-order valence-corrected chi connectivity index (χ4v) is 6.83. The molecule has 0 bridgehead atoms. The number of hydrogen-bond donors (Lipinski definition) is 6. The third kappa shape index (κ3) is 8.97. The van der Waals surface area contributed by atoms with Crippen molar-refractivity contribution in [2.24, 2.45) is 17.6 Å². The average molecular weight is 689 g/mol. The minimum atomic E-state index is -0.830. The Morgan fingerprint density at radius 1 is 0.939 bits per heavy atom. The predicted molar refractivity (Wildman–Crippen MR) is 193 cm³/mol.